The zero-order valence-corrected chi connectivity index (χ0v) is 13.7. The molecule has 3 nitrogen and oxygen atoms in total. The molecular formula is C17H8Cl2F3NO2. The van der Waals surface area contributed by atoms with Crippen LogP contribution in [0.5, 0.6) is 0 Å². The largest absolute Gasteiger partial charge is 0.478 e. The number of rotatable bonds is 2. The van der Waals surface area contributed by atoms with E-state index in [0.29, 0.717) is 15.6 Å². The number of pyridine rings is 1. The number of nitrogens with zero attached hydrogens (tertiary/aromatic N) is 1. The first-order valence-electron chi connectivity index (χ1n) is 6.87. The Bertz CT molecular complexity index is 1000. The van der Waals surface area contributed by atoms with Crippen LogP contribution in [0.4, 0.5) is 13.2 Å². The van der Waals surface area contributed by atoms with Crippen molar-refractivity contribution in [1.29, 1.82) is 0 Å². The number of hydrogen-bond acceptors (Lipinski definition) is 2. The summed E-state index contributed by atoms with van der Waals surface area (Å²) in [6.45, 7) is 0. The molecular weight excluding hydrogens is 378 g/mol. The minimum absolute atomic E-state index is 0.107. The molecule has 0 spiro atoms. The number of benzene rings is 2. The van der Waals surface area contributed by atoms with Gasteiger partial charge in [-0.2, -0.15) is 13.2 Å². The molecule has 0 atom stereocenters. The monoisotopic (exact) mass is 385 g/mol. The van der Waals surface area contributed by atoms with Gasteiger partial charge in [0.15, 0.2) is 0 Å². The van der Waals surface area contributed by atoms with Crippen molar-refractivity contribution in [3.63, 3.8) is 0 Å². The minimum atomic E-state index is -4.58. The number of carboxylic acid groups (broad SMARTS) is 1. The van der Waals surface area contributed by atoms with Crippen molar-refractivity contribution in [3.8, 4) is 11.3 Å². The van der Waals surface area contributed by atoms with E-state index in [1.807, 2.05) is 0 Å². The summed E-state index contributed by atoms with van der Waals surface area (Å²) in [6, 6.07) is 8.53. The first-order chi connectivity index (χ1) is 11.7. The van der Waals surface area contributed by atoms with Crippen molar-refractivity contribution in [2.45, 2.75) is 6.18 Å². The molecule has 0 radical (unpaired) electrons. The second kappa shape index (κ2) is 6.20. The molecule has 1 heterocycles. The van der Waals surface area contributed by atoms with Crippen molar-refractivity contribution in [2.75, 3.05) is 0 Å². The van der Waals surface area contributed by atoms with E-state index in [4.69, 9.17) is 23.2 Å². The molecule has 8 heteroatoms. The van der Waals surface area contributed by atoms with Crippen LogP contribution in [-0.4, -0.2) is 16.1 Å². The summed E-state index contributed by atoms with van der Waals surface area (Å²) in [6.07, 6.45) is -4.58. The van der Waals surface area contributed by atoms with Crippen LogP contribution in [0.1, 0.15) is 15.9 Å². The third kappa shape index (κ3) is 3.41. The van der Waals surface area contributed by atoms with Crippen LogP contribution in [0, 0.1) is 0 Å². The molecule has 1 N–H and O–H groups in total. The Morgan fingerprint density at radius 1 is 1.04 bits per heavy atom. The van der Waals surface area contributed by atoms with Crippen molar-refractivity contribution >= 4 is 40.1 Å². The molecule has 1 aromatic heterocycles. The molecule has 128 valence electrons. The van der Waals surface area contributed by atoms with E-state index in [0.717, 1.165) is 18.2 Å². The number of aromatic carboxylic acids is 1. The Hall–Kier alpha value is -2.31. The van der Waals surface area contributed by atoms with Gasteiger partial charge in [0.25, 0.3) is 0 Å². The molecule has 0 aliphatic rings. The molecule has 2 aromatic carbocycles. The summed E-state index contributed by atoms with van der Waals surface area (Å²) in [5.74, 6) is -1.37. The van der Waals surface area contributed by atoms with Crippen LogP contribution in [0.15, 0.2) is 42.5 Å². The quantitative estimate of drug-likeness (QED) is 0.594. The van der Waals surface area contributed by atoms with Crippen LogP contribution in [0.3, 0.4) is 0 Å². The summed E-state index contributed by atoms with van der Waals surface area (Å²) < 4.78 is 38.7. The maximum absolute atomic E-state index is 12.9. The third-order valence-electron chi connectivity index (χ3n) is 3.57. The highest BCUT2D eigenvalue weighted by molar-refractivity contribution is 6.35. The van der Waals surface area contributed by atoms with E-state index in [1.54, 1.807) is 6.07 Å². The molecule has 0 saturated carbocycles. The zero-order valence-electron chi connectivity index (χ0n) is 12.2. The highest BCUT2D eigenvalue weighted by atomic mass is 35.5. The first-order valence-corrected chi connectivity index (χ1v) is 7.63. The van der Waals surface area contributed by atoms with Gasteiger partial charge >= 0.3 is 12.1 Å². The fourth-order valence-electron chi connectivity index (χ4n) is 2.41. The topological polar surface area (TPSA) is 50.2 Å². The van der Waals surface area contributed by atoms with Crippen molar-refractivity contribution in [1.82, 2.24) is 4.98 Å². The maximum atomic E-state index is 12.9. The Kier molecular flexibility index (Phi) is 4.34. The molecule has 0 aliphatic carbocycles. The average molecular weight is 386 g/mol. The lowest BCUT2D eigenvalue weighted by molar-refractivity contribution is -0.137. The SMILES string of the molecule is O=C(O)c1cc(-c2cc(Cl)ccc2Cl)nc2ccc(C(F)(F)F)cc12. The fourth-order valence-corrected chi connectivity index (χ4v) is 2.80. The Balaban J connectivity index is 2.31. The highest BCUT2D eigenvalue weighted by Crippen LogP contribution is 2.35. The van der Waals surface area contributed by atoms with Crippen molar-refractivity contribution in [2.24, 2.45) is 0 Å². The number of halogens is 5. The van der Waals surface area contributed by atoms with Crippen LogP contribution >= 0.6 is 23.2 Å². The van der Waals surface area contributed by atoms with Crippen LogP contribution in [0.2, 0.25) is 10.0 Å². The molecule has 0 bridgehead atoms. The van der Waals surface area contributed by atoms with Gasteiger partial charge in [-0.15, -0.1) is 0 Å². The van der Waals surface area contributed by atoms with Gasteiger partial charge < -0.3 is 5.11 Å². The normalized spacial score (nSPS) is 11.7. The number of hydrogen-bond donors (Lipinski definition) is 1. The van der Waals surface area contributed by atoms with Crippen molar-refractivity contribution in [3.05, 3.63) is 63.6 Å². The average Bonchev–Trinajstić information content (AvgIpc) is 2.54. The van der Waals surface area contributed by atoms with Gasteiger partial charge in [0.1, 0.15) is 0 Å². The second-order valence-corrected chi connectivity index (χ2v) is 6.06. The Labute approximate surface area is 149 Å². The maximum Gasteiger partial charge on any atom is 0.416 e. The molecule has 0 unspecified atom stereocenters. The van der Waals surface area contributed by atoms with Crippen molar-refractivity contribution < 1.29 is 23.1 Å². The lowest BCUT2D eigenvalue weighted by atomic mass is 10.0. The van der Waals surface area contributed by atoms with Gasteiger partial charge in [0.2, 0.25) is 0 Å². The van der Waals surface area contributed by atoms with Gasteiger partial charge in [-0.3, -0.25) is 0 Å². The molecule has 0 aliphatic heterocycles. The van der Waals surface area contributed by atoms with E-state index >= 15 is 0 Å². The first kappa shape index (κ1) is 17.5. The fraction of sp³-hybridized carbons (Fsp3) is 0.0588. The number of alkyl halides is 3. The Morgan fingerprint density at radius 2 is 1.76 bits per heavy atom. The predicted molar refractivity (Wildman–Crippen MR) is 89.2 cm³/mol. The molecule has 25 heavy (non-hydrogen) atoms. The summed E-state index contributed by atoms with van der Waals surface area (Å²) in [4.78, 5) is 15.8. The second-order valence-electron chi connectivity index (χ2n) is 5.21. The lowest BCUT2D eigenvalue weighted by Gasteiger charge is -2.11. The van der Waals surface area contributed by atoms with Crippen LogP contribution < -0.4 is 0 Å². The molecule has 3 aromatic rings. The smallest absolute Gasteiger partial charge is 0.416 e. The van der Waals surface area contributed by atoms with E-state index in [2.05, 4.69) is 4.98 Å². The van der Waals surface area contributed by atoms with Gasteiger partial charge in [0.05, 0.1) is 27.4 Å². The third-order valence-corrected chi connectivity index (χ3v) is 4.14. The molecule has 3 rings (SSSR count). The number of fused-ring (bicyclic) bond motifs is 1. The molecule has 0 amide bonds. The van der Waals surface area contributed by atoms with Crippen LogP contribution in [0.25, 0.3) is 22.2 Å². The Morgan fingerprint density at radius 3 is 2.40 bits per heavy atom. The van der Waals surface area contributed by atoms with E-state index in [-0.39, 0.29) is 22.2 Å². The number of carboxylic acids is 1. The minimum Gasteiger partial charge on any atom is -0.478 e. The molecule has 0 saturated heterocycles. The highest BCUT2D eigenvalue weighted by Gasteiger charge is 2.31. The van der Waals surface area contributed by atoms with Gasteiger partial charge in [-0.25, -0.2) is 9.78 Å². The predicted octanol–water partition coefficient (Wildman–Crippen LogP) is 5.93. The lowest BCUT2D eigenvalue weighted by Crippen LogP contribution is -2.06. The van der Waals surface area contributed by atoms with E-state index in [1.165, 1.54) is 18.2 Å². The summed E-state index contributed by atoms with van der Waals surface area (Å²) >= 11 is 12.0. The van der Waals surface area contributed by atoms with Gasteiger partial charge in [-0.05, 0) is 42.5 Å². The summed E-state index contributed by atoms with van der Waals surface area (Å²) in [5, 5.41) is 9.95. The van der Waals surface area contributed by atoms with Gasteiger partial charge in [-0.1, -0.05) is 23.2 Å². The van der Waals surface area contributed by atoms with Gasteiger partial charge in [0, 0.05) is 16.0 Å². The molecule has 0 fully saturated rings. The van der Waals surface area contributed by atoms with E-state index in [9.17, 15) is 23.1 Å². The van der Waals surface area contributed by atoms with Crippen LogP contribution in [-0.2, 0) is 6.18 Å². The summed E-state index contributed by atoms with van der Waals surface area (Å²) in [7, 11) is 0. The van der Waals surface area contributed by atoms with E-state index < -0.39 is 17.7 Å². The number of carbonyl (C=O) groups is 1. The summed E-state index contributed by atoms with van der Waals surface area (Å²) in [5.41, 5.74) is -0.547. The zero-order chi connectivity index (χ0) is 18.4. The number of aromatic nitrogens is 1. The standard InChI is InChI=1S/C17H8Cl2F3NO2/c18-9-2-3-13(19)12(6-9)15-7-11(16(24)25)10-5-8(17(20,21)22)1-4-14(10)23-15/h1-7H,(H,24,25).